The average molecular weight is 617 g/mol. The van der Waals surface area contributed by atoms with Crippen LogP contribution in [0.5, 0.6) is 0 Å². The minimum atomic E-state index is -0.351. The van der Waals surface area contributed by atoms with Crippen molar-refractivity contribution in [1.29, 1.82) is 0 Å². The summed E-state index contributed by atoms with van der Waals surface area (Å²) in [7, 11) is 4.44. The summed E-state index contributed by atoms with van der Waals surface area (Å²) in [6, 6.07) is 14.8. The van der Waals surface area contributed by atoms with Crippen molar-refractivity contribution in [1.82, 2.24) is 14.8 Å². The molecule has 5 nitrogen and oxygen atoms in total. The molecule has 1 aliphatic carbocycles. The fraction of sp³-hybridized carbons (Fsp3) is 0.500. The summed E-state index contributed by atoms with van der Waals surface area (Å²) < 4.78 is 5.40. The highest BCUT2D eigenvalue weighted by Gasteiger charge is 2.39. The van der Waals surface area contributed by atoms with Crippen LogP contribution in [0, 0.1) is 0 Å². The van der Waals surface area contributed by atoms with E-state index in [2.05, 4.69) is 66.1 Å². The summed E-state index contributed by atoms with van der Waals surface area (Å²) in [5, 5.41) is 1.95. The number of esters is 1. The topological polar surface area (TPSA) is 48.6 Å². The molecule has 2 aromatic carbocycles. The number of aromatic amines is 1. The lowest BCUT2D eigenvalue weighted by atomic mass is 9.74. The van der Waals surface area contributed by atoms with Crippen LogP contribution < -0.4 is 0 Å². The Kier molecular flexibility index (Phi) is 12.9. The van der Waals surface area contributed by atoms with Gasteiger partial charge in [0.25, 0.3) is 0 Å². The van der Waals surface area contributed by atoms with Crippen LogP contribution in [0.25, 0.3) is 10.9 Å². The molecule has 1 aliphatic rings. The van der Waals surface area contributed by atoms with E-state index in [1.807, 2.05) is 13.0 Å². The van der Waals surface area contributed by atoms with Crippen molar-refractivity contribution in [3.8, 4) is 0 Å². The van der Waals surface area contributed by atoms with Gasteiger partial charge in [-0.1, -0.05) is 60.5 Å². The summed E-state index contributed by atoms with van der Waals surface area (Å²) in [4.78, 5) is 21.2. The molecular weight excluding hydrogens is 576 g/mol. The van der Waals surface area contributed by atoms with E-state index >= 15 is 0 Å². The van der Waals surface area contributed by atoms with Gasteiger partial charge < -0.3 is 14.6 Å². The minimum Gasteiger partial charge on any atom is -0.461 e. The lowest BCUT2D eigenvalue weighted by molar-refractivity contribution is 0.0468. The first-order chi connectivity index (χ1) is 17.8. The number of hydrogen-bond donors (Lipinski definition) is 1. The van der Waals surface area contributed by atoms with Crippen molar-refractivity contribution in [3.63, 3.8) is 0 Å². The van der Waals surface area contributed by atoms with Gasteiger partial charge in [0.15, 0.2) is 0 Å². The molecule has 4 rings (SSSR count). The predicted molar refractivity (Wildman–Crippen MR) is 168 cm³/mol. The van der Waals surface area contributed by atoms with Gasteiger partial charge >= 0.3 is 5.97 Å². The van der Waals surface area contributed by atoms with Crippen LogP contribution in [0.4, 0.5) is 0 Å². The molecule has 0 aliphatic heterocycles. The molecule has 1 fully saturated rings. The molecule has 0 saturated heterocycles. The Bertz CT molecular complexity index is 1210. The van der Waals surface area contributed by atoms with E-state index in [0.29, 0.717) is 34.9 Å². The molecule has 0 spiro atoms. The van der Waals surface area contributed by atoms with Gasteiger partial charge in [-0.25, -0.2) is 4.79 Å². The third-order valence-corrected chi connectivity index (χ3v) is 8.51. The third-order valence-electron chi connectivity index (χ3n) is 8.00. The van der Waals surface area contributed by atoms with Crippen LogP contribution >= 0.6 is 48.0 Å². The quantitative estimate of drug-likeness (QED) is 0.233. The molecule has 0 atom stereocenters. The van der Waals surface area contributed by atoms with Crippen molar-refractivity contribution in [2.24, 2.45) is 0 Å². The number of carbonyl (C=O) groups is 1. The largest absolute Gasteiger partial charge is 0.461 e. The van der Waals surface area contributed by atoms with Crippen molar-refractivity contribution in [2.75, 3.05) is 27.2 Å². The van der Waals surface area contributed by atoms with E-state index in [9.17, 15) is 4.79 Å². The number of H-pyrrole nitrogens is 1. The second kappa shape index (κ2) is 15.0. The monoisotopic (exact) mass is 615 g/mol. The van der Waals surface area contributed by atoms with E-state index in [4.69, 9.17) is 27.9 Å². The zero-order valence-corrected chi connectivity index (χ0v) is 26.4. The molecule has 1 saturated carbocycles. The molecule has 1 aromatic heterocycles. The fourth-order valence-electron chi connectivity index (χ4n) is 5.99. The first-order valence-corrected chi connectivity index (χ1v) is 14.2. The number of likely N-dealkylation sites (N-methyl/N-ethyl adjacent to an activating group) is 1. The first-order valence-electron chi connectivity index (χ1n) is 13.4. The molecule has 0 unspecified atom stereocenters. The zero-order valence-electron chi connectivity index (χ0n) is 23.3. The number of hydrogen-bond acceptors (Lipinski definition) is 4. The lowest BCUT2D eigenvalue weighted by Crippen LogP contribution is -2.52. The van der Waals surface area contributed by atoms with Gasteiger partial charge in [0, 0.05) is 39.6 Å². The standard InChI is InChI=1S/C30H39Cl2N3O2.2ClH/c1-5-16-35(23-12-14-30(15-13-23,34(3)4)19-21-10-8-7-9-11-21)20-24-27-25(32)17-22(31)18-26(27)33-28(24)29(36)37-6-2;;/h7-11,17-18,23,33H,5-6,12-16,19-20H2,1-4H3;2*1H. The van der Waals surface area contributed by atoms with Gasteiger partial charge in [-0.15, -0.1) is 24.8 Å². The van der Waals surface area contributed by atoms with Gasteiger partial charge in [-0.05, 0) is 83.8 Å². The van der Waals surface area contributed by atoms with Gasteiger partial charge in [0.1, 0.15) is 5.69 Å². The number of carbonyl (C=O) groups excluding carboxylic acids is 1. The normalized spacial score (nSPS) is 19.1. The second-order valence-corrected chi connectivity index (χ2v) is 11.3. The van der Waals surface area contributed by atoms with Crippen molar-refractivity contribution >= 4 is 64.9 Å². The smallest absolute Gasteiger partial charge is 0.355 e. The molecule has 0 radical (unpaired) electrons. The van der Waals surface area contributed by atoms with Crippen molar-refractivity contribution in [3.05, 3.63) is 69.3 Å². The van der Waals surface area contributed by atoms with Crippen LogP contribution in [-0.2, 0) is 17.7 Å². The second-order valence-electron chi connectivity index (χ2n) is 10.5. The molecule has 39 heavy (non-hydrogen) atoms. The minimum absolute atomic E-state index is 0. The Morgan fingerprint density at radius 1 is 1.08 bits per heavy atom. The summed E-state index contributed by atoms with van der Waals surface area (Å²) in [6.45, 7) is 5.95. The fourth-order valence-corrected chi connectivity index (χ4v) is 6.60. The maximum atomic E-state index is 12.9. The Labute approximate surface area is 255 Å². The number of nitrogens with one attached hydrogen (secondary N) is 1. The molecule has 3 aromatic rings. The van der Waals surface area contributed by atoms with Crippen LogP contribution in [0.1, 0.15) is 67.6 Å². The lowest BCUT2D eigenvalue weighted by Gasteiger charge is -2.47. The Morgan fingerprint density at radius 2 is 1.74 bits per heavy atom. The zero-order chi connectivity index (χ0) is 26.6. The summed E-state index contributed by atoms with van der Waals surface area (Å²) >= 11 is 13.0. The first kappa shape index (κ1) is 33.7. The summed E-state index contributed by atoms with van der Waals surface area (Å²) in [5.74, 6) is -0.351. The summed E-state index contributed by atoms with van der Waals surface area (Å²) in [5.41, 5.74) is 3.70. The number of fused-ring (bicyclic) bond motifs is 1. The molecule has 1 N–H and O–H groups in total. The maximum Gasteiger partial charge on any atom is 0.355 e. The highest BCUT2D eigenvalue weighted by Crippen LogP contribution is 2.39. The van der Waals surface area contributed by atoms with Crippen LogP contribution in [-0.4, -0.2) is 59.6 Å². The Balaban J connectivity index is 0.00000267. The average Bonchev–Trinajstić information content (AvgIpc) is 3.23. The predicted octanol–water partition coefficient (Wildman–Crippen LogP) is 8.19. The number of aromatic nitrogens is 1. The van der Waals surface area contributed by atoms with E-state index in [0.717, 1.165) is 61.5 Å². The molecule has 216 valence electrons. The van der Waals surface area contributed by atoms with Gasteiger partial charge in [0.05, 0.1) is 11.6 Å². The number of nitrogens with zero attached hydrogens (tertiary/aromatic N) is 2. The molecule has 0 bridgehead atoms. The highest BCUT2D eigenvalue weighted by atomic mass is 35.5. The maximum absolute atomic E-state index is 12.9. The Hall–Kier alpha value is -1.47. The highest BCUT2D eigenvalue weighted by molar-refractivity contribution is 6.39. The summed E-state index contributed by atoms with van der Waals surface area (Å²) in [6.07, 6.45) is 6.59. The Morgan fingerprint density at radius 3 is 2.33 bits per heavy atom. The number of rotatable bonds is 10. The van der Waals surface area contributed by atoms with Crippen molar-refractivity contribution in [2.45, 2.75) is 70.5 Å². The molecule has 1 heterocycles. The van der Waals surface area contributed by atoms with Gasteiger partial charge in [-0.3, -0.25) is 4.90 Å². The van der Waals surface area contributed by atoms with E-state index in [1.165, 1.54) is 5.56 Å². The molecule has 9 heteroatoms. The van der Waals surface area contributed by atoms with E-state index < -0.39 is 0 Å². The van der Waals surface area contributed by atoms with E-state index in [-0.39, 0.29) is 36.3 Å². The third kappa shape index (κ3) is 7.63. The SMILES string of the molecule is CCCN(Cc1c(C(=O)OCC)[nH]c2cc(Cl)cc(Cl)c12)C1CCC(Cc2ccccc2)(N(C)C)CC1.Cl.Cl. The number of ether oxygens (including phenoxy) is 1. The van der Waals surface area contributed by atoms with Gasteiger partial charge in [-0.2, -0.15) is 0 Å². The van der Waals surface area contributed by atoms with Crippen LogP contribution in [0.3, 0.4) is 0 Å². The molecular formula is C30H41Cl4N3O2. The van der Waals surface area contributed by atoms with Crippen molar-refractivity contribution < 1.29 is 9.53 Å². The molecule has 0 amide bonds. The number of benzene rings is 2. The van der Waals surface area contributed by atoms with Crippen LogP contribution in [0.2, 0.25) is 10.0 Å². The van der Waals surface area contributed by atoms with Gasteiger partial charge in [0.2, 0.25) is 0 Å². The van der Waals surface area contributed by atoms with E-state index in [1.54, 1.807) is 6.07 Å². The van der Waals surface area contributed by atoms with Crippen LogP contribution in [0.15, 0.2) is 42.5 Å². The number of halogens is 4.